The minimum atomic E-state index is 1.14. The smallest absolute Gasteiger partial charge is 0.0697 e. The summed E-state index contributed by atoms with van der Waals surface area (Å²) in [7, 11) is 0. The fourth-order valence-corrected chi connectivity index (χ4v) is 2.55. The molecule has 0 fully saturated rings. The van der Waals surface area contributed by atoms with Gasteiger partial charge in [0.05, 0.1) is 17.1 Å². The second kappa shape index (κ2) is 5.25. The van der Waals surface area contributed by atoms with Crippen molar-refractivity contribution in [1.82, 2.24) is 0 Å². The predicted octanol–water partition coefficient (Wildman–Crippen LogP) is 5.06. The number of hydrogen-bond donors (Lipinski definition) is 1. The number of nitrogens with one attached hydrogen (secondary N) is 1. The van der Waals surface area contributed by atoms with Crippen molar-refractivity contribution in [3.63, 3.8) is 0 Å². The number of benzene rings is 2. The van der Waals surface area contributed by atoms with Crippen LogP contribution < -0.4 is 10.2 Å². The number of hydrogen-bond acceptors (Lipinski definition) is 2. The Hall–Kier alpha value is -2.48. The average molecular weight is 262 g/mol. The van der Waals surface area contributed by atoms with Gasteiger partial charge in [0.1, 0.15) is 0 Å². The molecule has 2 aromatic carbocycles. The summed E-state index contributed by atoms with van der Waals surface area (Å²) in [5.74, 6) is 0. The normalized spacial score (nSPS) is 14.4. The van der Waals surface area contributed by atoms with E-state index in [-0.39, 0.29) is 0 Å². The van der Waals surface area contributed by atoms with Crippen LogP contribution in [-0.2, 0) is 0 Å². The molecule has 0 aliphatic carbocycles. The van der Waals surface area contributed by atoms with E-state index in [1.807, 2.05) is 13.0 Å². The van der Waals surface area contributed by atoms with Gasteiger partial charge in [0.2, 0.25) is 0 Å². The van der Waals surface area contributed by atoms with Gasteiger partial charge in [-0.2, -0.15) is 0 Å². The van der Waals surface area contributed by atoms with Crippen LogP contribution in [0.1, 0.15) is 13.8 Å². The lowest BCUT2D eigenvalue weighted by Crippen LogP contribution is -2.24. The molecule has 1 N–H and O–H groups in total. The summed E-state index contributed by atoms with van der Waals surface area (Å²) < 4.78 is 0. The van der Waals surface area contributed by atoms with Crippen LogP contribution in [0.2, 0.25) is 0 Å². The van der Waals surface area contributed by atoms with Crippen molar-refractivity contribution in [2.24, 2.45) is 0 Å². The molecule has 0 atom stereocenters. The minimum Gasteiger partial charge on any atom is -0.356 e. The van der Waals surface area contributed by atoms with Crippen molar-refractivity contribution in [2.45, 2.75) is 13.8 Å². The summed E-state index contributed by atoms with van der Waals surface area (Å²) in [6, 6.07) is 18.9. The lowest BCUT2D eigenvalue weighted by molar-refractivity contribution is 1.12. The van der Waals surface area contributed by atoms with E-state index < -0.39 is 0 Å². The van der Waals surface area contributed by atoms with E-state index in [4.69, 9.17) is 0 Å². The third kappa shape index (κ3) is 2.10. The SMILES string of the molecule is C/C=C\C1=C(C)Nc2ccccc2N1c1ccccc1. The van der Waals surface area contributed by atoms with Crippen LogP contribution in [0.15, 0.2) is 78.1 Å². The second-order valence-corrected chi connectivity index (χ2v) is 4.82. The molecule has 0 bridgehead atoms. The van der Waals surface area contributed by atoms with Crippen molar-refractivity contribution in [3.8, 4) is 0 Å². The molecule has 1 aliphatic rings. The molecule has 2 nitrogen and oxygen atoms in total. The van der Waals surface area contributed by atoms with E-state index in [1.54, 1.807) is 0 Å². The van der Waals surface area contributed by atoms with Crippen molar-refractivity contribution in [3.05, 3.63) is 78.1 Å². The van der Waals surface area contributed by atoms with Crippen LogP contribution in [0.4, 0.5) is 17.1 Å². The topological polar surface area (TPSA) is 15.3 Å². The molecule has 0 saturated heterocycles. The monoisotopic (exact) mass is 262 g/mol. The summed E-state index contributed by atoms with van der Waals surface area (Å²) in [4.78, 5) is 2.29. The molecule has 1 aliphatic heterocycles. The van der Waals surface area contributed by atoms with Gasteiger partial charge in [-0.25, -0.2) is 0 Å². The van der Waals surface area contributed by atoms with E-state index >= 15 is 0 Å². The molecule has 0 aromatic heterocycles. The Labute approximate surface area is 120 Å². The fraction of sp³-hybridized carbons (Fsp3) is 0.111. The lowest BCUT2D eigenvalue weighted by atomic mass is 10.1. The number of allylic oxidation sites excluding steroid dienone is 3. The molecular formula is C18H18N2. The maximum absolute atomic E-state index is 3.48. The standard InChI is InChI=1S/C18H18N2/c1-3-9-17-14(2)19-16-12-7-8-13-18(16)20(17)15-10-5-4-6-11-15/h3-13,19H,1-2H3/b9-3-. The fourth-order valence-electron chi connectivity index (χ4n) is 2.55. The van der Waals surface area contributed by atoms with Crippen molar-refractivity contribution in [1.29, 1.82) is 0 Å². The molecule has 0 spiro atoms. The molecule has 0 amide bonds. The molecule has 1 heterocycles. The van der Waals surface area contributed by atoms with Gasteiger partial charge in [-0.05, 0) is 44.2 Å². The molecule has 2 aromatic rings. The highest BCUT2D eigenvalue weighted by molar-refractivity contribution is 5.84. The van der Waals surface area contributed by atoms with Gasteiger partial charge >= 0.3 is 0 Å². The van der Waals surface area contributed by atoms with E-state index in [0.29, 0.717) is 0 Å². The summed E-state index contributed by atoms with van der Waals surface area (Å²) in [5, 5.41) is 3.48. The summed E-state index contributed by atoms with van der Waals surface area (Å²) in [6.07, 6.45) is 4.22. The van der Waals surface area contributed by atoms with E-state index in [9.17, 15) is 0 Å². The first-order chi connectivity index (χ1) is 9.81. The van der Waals surface area contributed by atoms with Crippen LogP contribution in [-0.4, -0.2) is 0 Å². The van der Waals surface area contributed by atoms with E-state index in [2.05, 4.69) is 77.8 Å². The highest BCUT2D eigenvalue weighted by atomic mass is 15.2. The first-order valence-corrected chi connectivity index (χ1v) is 6.86. The van der Waals surface area contributed by atoms with E-state index in [0.717, 1.165) is 11.4 Å². The first kappa shape index (κ1) is 12.5. The molecule has 2 heteroatoms. The zero-order valence-corrected chi connectivity index (χ0v) is 11.8. The molecule has 3 rings (SSSR count). The first-order valence-electron chi connectivity index (χ1n) is 6.86. The van der Waals surface area contributed by atoms with Gasteiger partial charge in [0, 0.05) is 11.4 Å². The molecular weight excluding hydrogens is 244 g/mol. The second-order valence-electron chi connectivity index (χ2n) is 4.82. The zero-order valence-electron chi connectivity index (χ0n) is 11.8. The Morgan fingerprint density at radius 1 is 0.950 bits per heavy atom. The lowest BCUT2D eigenvalue weighted by Gasteiger charge is -2.34. The van der Waals surface area contributed by atoms with Gasteiger partial charge in [-0.15, -0.1) is 0 Å². The minimum absolute atomic E-state index is 1.14. The van der Waals surface area contributed by atoms with Crippen molar-refractivity contribution >= 4 is 17.1 Å². The number of anilines is 3. The Bertz CT molecular complexity index is 669. The van der Waals surface area contributed by atoms with Crippen LogP contribution in [0.25, 0.3) is 0 Å². The van der Waals surface area contributed by atoms with Crippen LogP contribution in [0, 0.1) is 0 Å². The van der Waals surface area contributed by atoms with Gasteiger partial charge in [0.15, 0.2) is 0 Å². The van der Waals surface area contributed by atoms with Crippen LogP contribution >= 0.6 is 0 Å². The highest BCUT2D eigenvalue weighted by Gasteiger charge is 2.22. The summed E-state index contributed by atoms with van der Waals surface area (Å²) in [5.41, 5.74) is 5.83. The Balaban J connectivity index is 2.21. The van der Waals surface area contributed by atoms with Crippen molar-refractivity contribution in [2.75, 3.05) is 10.2 Å². The van der Waals surface area contributed by atoms with Gasteiger partial charge in [0.25, 0.3) is 0 Å². The third-order valence-corrected chi connectivity index (χ3v) is 3.43. The quantitative estimate of drug-likeness (QED) is 0.814. The number of nitrogens with zero attached hydrogens (tertiary/aromatic N) is 1. The maximum Gasteiger partial charge on any atom is 0.0697 e. The maximum atomic E-state index is 3.48. The Kier molecular flexibility index (Phi) is 3.30. The Morgan fingerprint density at radius 2 is 1.65 bits per heavy atom. The predicted molar refractivity (Wildman–Crippen MR) is 86.2 cm³/mol. The average Bonchev–Trinajstić information content (AvgIpc) is 2.49. The van der Waals surface area contributed by atoms with Crippen LogP contribution in [0.3, 0.4) is 0 Å². The molecule has 100 valence electrons. The number of rotatable bonds is 2. The van der Waals surface area contributed by atoms with E-state index in [1.165, 1.54) is 17.1 Å². The highest BCUT2D eigenvalue weighted by Crippen LogP contribution is 2.40. The third-order valence-electron chi connectivity index (χ3n) is 3.43. The largest absolute Gasteiger partial charge is 0.356 e. The molecule has 0 saturated carbocycles. The molecule has 0 radical (unpaired) electrons. The number of fused-ring (bicyclic) bond motifs is 1. The summed E-state index contributed by atoms with van der Waals surface area (Å²) in [6.45, 7) is 4.16. The van der Waals surface area contributed by atoms with Crippen molar-refractivity contribution < 1.29 is 0 Å². The number of para-hydroxylation sites is 3. The van der Waals surface area contributed by atoms with Crippen LogP contribution in [0.5, 0.6) is 0 Å². The Morgan fingerprint density at radius 3 is 2.40 bits per heavy atom. The van der Waals surface area contributed by atoms with Gasteiger partial charge in [-0.3, -0.25) is 0 Å². The summed E-state index contributed by atoms with van der Waals surface area (Å²) >= 11 is 0. The zero-order chi connectivity index (χ0) is 13.9. The van der Waals surface area contributed by atoms with Gasteiger partial charge in [-0.1, -0.05) is 36.4 Å². The van der Waals surface area contributed by atoms with Gasteiger partial charge < -0.3 is 10.2 Å². The molecule has 0 unspecified atom stereocenters. The molecule has 20 heavy (non-hydrogen) atoms.